The van der Waals surface area contributed by atoms with Crippen molar-refractivity contribution >= 4 is 66.9 Å². The number of hydrogen-bond donors (Lipinski definition) is 0. The average molecular weight is 687 g/mol. The monoisotopic (exact) mass is 684 g/mol. The lowest BCUT2D eigenvalue weighted by Gasteiger charge is -2.49. The van der Waals surface area contributed by atoms with Crippen molar-refractivity contribution in [2.24, 2.45) is 0 Å². The molecule has 2 amide bonds. The van der Waals surface area contributed by atoms with Crippen molar-refractivity contribution in [3.63, 3.8) is 0 Å². The van der Waals surface area contributed by atoms with Crippen LogP contribution in [0.4, 0.5) is 4.39 Å². The van der Waals surface area contributed by atoms with Crippen LogP contribution in [0.5, 0.6) is 0 Å². The Kier molecular flexibility index (Phi) is 5.95. The van der Waals surface area contributed by atoms with Gasteiger partial charge in [0.1, 0.15) is 5.82 Å². The highest BCUT2D eigenvalue weighted by molar-refractivity contribution is 9.10. The number of halogens is 5. The van der Waals surface area contributed by atoms with Gasteiger partial charge in [-0.3, -0.25) is 14.5 Å². The highest BCUT2D eigenvalue weighted by atomic mass is 79.9. The van der Waals surface area contributed by atoms with E-state index in [1.165, 1.54) is 27.6 Å². The van der Waals surface area contributed by atoms with Crippen LogP contribution in [-0.4, -0.2) is 45.8 Å². The number of carbonyl (C=O) groups is 2. The third-order valence-electron chi connectivity index (χ3n) is 7.57. The summed E-state index contributed by atoms with van der Waals surface area (Å²) in [7, 11) is 0. The van der Waals surface area contributed by atoms with Crippen molar-refractivity contribution in [3.8, 4) is 5.69 Å². The lowest BCUT2D eigenvalue weighted by atomic mass is 9.64. The minimum absolute atomic E-state index is 0.0190. The van der Waals surface area contributed by atoms with E-state index in [2.05, 4.69) is 31.9 Å². The predicted molar refractivity (Wildman–Crippen MR) is 146 cm³/mol. The maximum atomic E-state index is 14.2. The number of fused-ring (bicyclic) bond motifs is 4. The average Bonchev–Trinajstić information content (AvgIpc) is 3.24. The van der Waals surface area contributed by atoms with E-state index in [9.17, 15) is 23.6 Å². The van der Waals surface area contributed by atoms with E-state index in [4.69, 9.17) is 23.2 Å². The van der Waals surface area contributed by atoms with Crippen LogP contribution in [0, 0.1) is 5.82 Å². The molecule has 0 N–H and O–H groups in total. The number of hydrogen-bond acceptors (Lipinski definition) is 4. The van der Waals surface area contributed by atoms with Gasteiger partial charge in [-0.25, -0.2) is 27.9 Å². The first-order valence-corrected chi connectivity index (χ1v) is 14.2. The number of para-hydroxylation sites is 1. The zero-order valence-corrected chi connectivity index (χ0v) is 24.0. The largest absolute Gasteiger partial charge is 0.352 e. The molecule has 0 spiro atoms. The first-order valence-electron chi connectivity index (χ1n) is 11.5. The molecule has 1 unspecified atom stereocenters. The van der Waals surface area contributed by atoms with Gasteiger partial charge in [-0.1, -0.05) is 46.3 Å². The Balaban J connectivity index is 1.62. The fourth-order valence-electron chi connectivity index (χ4n) is 5.88. The molecule has 2 aliphatic heterocycles. The lowest BCUT2D eigenvalue weighted by Crippen LogP contribution is -2.59. The van der Waals surface area contributed by atoms with E-state index < -0.39 is 50.7 Å². The molecular weight excluding hydrogens is 670 g/mol. The fraction of sp³-hybridized carbons (Fsp3) is 0.280. The molecule has 0 bridgehead atoms. The number of rotatable bonds is 3. The highest BCUT2D eigenvalue weighted by Crippen LogP contribution is 2.63. The molecule has 1 saturated carbocycles. The normalized spacial score (nSPS) is 28.1. The Bertz CT molecular complexity index is 1690. The van der Waals surface area contributed by atoms with Crippen LogP contribution in [0.25, 0.3) is 5.69 Å². The van der Waals surface area contributed by atoms with E-state index in [1.54, 1.807) is 36.4 Å². The molecule has 3 aliphatic rings. The standard InChI is InChI=1S/C25H17Br2Cl2FN4O4/c26-12-31-20(35)24(28)11-18-15(19(25(24,29)21(31)36)13-6-7-17(30)16(27)10-13)8-9-32-22(37)33(23(38)34(18)32)14-4-2-1-3-5-14/h1-8,10,18-19H,9,11-12H2/t18?,19-,24+,25-/m0/s1. The summed E-state index contributed by atoms with van der Waals surface area (Å²) in [5.74, 6) is -2.94. The number of carbonyl (C=O) groups excluding carboxylic acids is 2. The van der Waals surface area contributed by atoms with Crippen molar-refractivity contribution < 1.29 is 14.0 Å². The van der Waals surface area contributed by atoms with Gasteiger partial charge in [0.15, 0.2) is 9.75 Å². The molecule has 13 heteroatoms. The quantitative estimate of drug-likeness (QED) is 0.180. The van der Waals surface area contributed by atoms with Crippen LogP contribution >= 0.6 is 55.1 Å². The minimum Gasteiger partial charge on any atom is -0.272 e. The zero-order chi connectivity index (χ0) is 27.1. The number of likely N-dealkylation sites (tertiary alicyclic amines) is 1. The van der Waals surface area contributed by atoms with Gasteiger partial charge in [-0.2, -0.15) is 0 Å². The highest BCUT2D eigenvalue weighted by Gasteiger charge is 2.75. The van der Waals surface area contributed by atoms with Crippen LogP contribution in [0.2, 0.25) is 0 Å². The molecule has 1 aliphatic carbocycles. The fourth-order valence-corrected chi connectivity index (χ4v) is 7.68. The van der Waals surface area contributed by atoms with Gasteiger partial charge >= 0.3 is 11.4 Å². The van der Waals surface area contributed by atoms with Crippen LogP contribution < -0.4 is 11.4 Å². The SMILES string of the molecule is O=C1N(CBr)C(=O)[C@@]2(Cl)[C@@H](c3ccc(F)c(Br)c3)C3=CCn4c(=O)n(-c5ccccc5)c(=O)n4C3C[C@@]12Cl. The van der Waals surface area contributed by atoms with Crippen LogP contribution in [0.15, 0.2) is 74.2 Å². The van der Waals surface area contributed by atoms with Crippen LogP contribution in [0.3, 0.4) is 0 Å². The summed E-state index contributed by atoms with van der Waals surface area (Å²) in [4.78, 5) is 51.4. The maximum Gasteiger partial charge on any atom is 0.352 e. The molecule has 3 aromatic rings. The molecular formula is C25H17Br2Cl2FN4O4. The summed E-state index contributed by atoms with van der Waals surface area (Å²) in [6, 6.07) is 11.8. The predicted octanol–water partition coefficient (Wildman–Crippen LogP) is 4.05. The van der Waals surface area contributed by atoms with E-state index >= 15 is 0 Å². The van der Waals surface area contributed by atoms with Gasteiger partial charge in [0.2, 0.25) is 0 Å². The number of alkyl halides is 3. The molecule has 1 aromatic heterocycles. The van der Waals surface area contributed by atoms with Crippen molar-refractivity contribution in [1.29, 1.82) is 0 Å². The molecule has 8 nitrogen and oxygen atoms in total. The summed E-state index contributed by atoms with van der Waals surface area (Å²) < 4.78 is 18.0. The number of nitrogens with zero attached hydrogens (tertiary/aromatic N) is 4. The van der Waals surface area contributed by atoms with E-state index in [0.717, 1.165) is 9.47 Å². The van der Waals surface area contributed by atoms with Gasteiger partial charge in [0.25, 0.3) is 11.8 Å². The van der Waals surface area contributed by atoms with Crippen molar-refractivity contribution in [3.05, 3.63) is 97.0 Å². The van der Waals surface area contributed by atoms with Crippen molar-refractivity contribution in [1.82, 2.24) is 18.8 Å². The summed E-state index contributed by atoms with van der Waals surface area (Å²) in [5, 5.41) is 0. The summed E-state index contributed by atoms with van der Waals surface area (Å²) in [5.41, 5.74) is 0.0507. The second-order valence-corrected chi connectivity index (χ2v) is 12.0. The van der Waals surface area contributed by atoms with Crippen LogP contribution in [-0.2, 0) is 16.1 Å². The van der Waals surface area contributed by atoms with Gasteiger partial charge < -0.3 is 0 Å². The molecule has 3 heterocycles. The Hall–Kier alpha value is -2.47. The topological polar surface area (TPSA) is 86.3 Å². The molecule has 0 radical (unpaired) electrons. The van der Waals surface area contributed by atoms with Crippen LogP contribution in [0.1, 0.15) is 23.9 Å². The molecule has 6 rings (SSSR count). The molecule has 38 heavy (non-hydrogen) atoms. The zero-order valence-electron chi connectivity index (χ0n) is 19.3. The number of aromatic nitrogens is 3. The summed E-state index contributed by atoms with van der Waals surface area (Å²) in [6.07, 6.45) is 1.52. The number of amides is 2. The molecule has 1 saturated heterocycles. The third kappa shape index (κ3) is 3.19. The first-order chi connectivity index (χ1) is 18.1. The summed E-state index contributed by atoms with van der Waals surface area (Å²) >= 11 is 20.6. The summed E-state index contributed by atoms with van der Waals surface area (Å²) in [6.45, 7) is 0.0190. The number of imide groups is 1. The molecule has 4 atom stereocenters. The Labute approximate surface area is 241 Å². The third-order valence-corrected chi connectivity index (χ3v) is 10.1. The Morgan fingerprint density at radius 1 is 1.00 bits per heavy atom. The first kappa shape index (κ1) is 25.8. The second-order valence-electron chi connectivity index (χ2n) is 9.36. The smallest absolute Gasteiger partial charge is 0.272 e. The number of allylic oxidation sites excluding steroid dienone is 2. The number of benzene rings is 2. The van der Waals surface area contributed by atoms with Gasteiger partial charge in [-0.15, -0.1) is 23.2 Å². The van der Waals surface area contributed by atoms with Gasteiger partial charge in [0, 0.05) is 12.3 Å². The Morgan fingerprint density at radius 2 is 1.71 bits per heavy atom. The van der Waals surface area contributed by atoms with Gasteiger partial charge in [0.05, 0.1) is 28.2 Å². The van der Waals surface area contributed by atoms with Crippen molar-refractivity contribution in [2.75, 3.05) is 5.45 Å². The molecule has 196 valence electrons. The lowest BCUT2D eigenvalue weighted by molar-refractivity contribution is -0.138. The van der Waals surface area contributed by atoms with Gasteiger partial charge in [-0.05, 0) is 51.3 Å². The van der Waals surface area contributed by atoms with E-state index in [0.29, 0.717) is 16.8 Å². The maximum absolute atomic E-state index is 14.2. The van der Waals surface area contributed by atoms with E-state index in [-0.39, 0.29) is 22.9 Å². The second kappa shape index (κ2) is 8.77. The molecule has 2 aromatic carbocycles. The van der Waals surface area contributed by atoms with E-state index in [1.807, 2.05) is 0 Å². The Morgan fingerprint density at radius 3 is 2.37 bits per heavy atom. The van der Waals surface area contributed by atoms with Crippen molar-refractivity contribution in [2.45, 2.75) is 34.7 Å². The molecule has 2 fully saturated rings. The minimum atomic E-state index is -1.97.